The highest BCUT2D eigenvalue weighted by atomic mass is 35.5. The van der Waals surface area contributed by atoms with Crippen molar-refractivity contribution >= 4 is 28.9 Å². The number of para-hydroxylation sites is 1. The molecule has 0 spiro atoms. The van der Waals surface area contributed by atoms with E-state index in [0.29, 0.717) is 16.4 Å². The number of anilines is 2. The molecule has 1 heterocycles. The molecule has 6 nitrogen and oxygen atoms in total. The molecule has 0 fully saturated rings. The highest BCUT2D eigenvalue weighted by molar-refractivity contribution is 6.34. The summed E-state index contributed by atoms with van der Waals surface area (Å²) in [6.07, 6.45) is -4.54. The van der Waals surface area contributed by atoms with Crippen LogP contribution in [0.5, 0.6) is 0 Å². The molecule has 0 saturated heterocycles. The third kappa shape index (κ3) is 4.72. The number of alkyl halides is 3. The normalized spacial score (nSPS) is 11.3. The van der Waals surface area contributed by atoms with Crippen LogP contribution in [0.1, 0.15) is 21.7 Å². The largest absolute Gasteiger partial charge is 0.416 e. The zero-order valence-corrected chi connectivity index (χ0v) is 17.5. The molecule has 1 aromatic heterocycles. The van der Waals surface area contributed by atoms with Gasteiger partial charge >= 0.3 is 6.18 Å². The zero-order valence-electron chi connectivity index (χ0n) is 16.8. The van der Waals surface area contributed by atoms with E-state index in [0.717, 1.165) is 22.9 Å². The lowest BCUT2D eigenvalue weighted by molar-refractivity contribution is -0.137. The highest BCUT2D eigenvalue weighted by Crippen LogP contribution is 2.33. The average Bonchev–Trinajstić information content (AvgIpc) is 2.67. The van der Waals surface area contributed by atoms with Gasteiger partial charge in [0.2, 0.25) is 5.43 Å². The van der Waals surface area contributed by atoms with Crippen LogP contribution in [0.25, 0.3) is 5.69 Å². The first kappa shape index (κ1) is 22.4. The third-order valence-electron chi connectivity index (χ3n) is 4.42. The van der Waals surface area contributed by atoms with Crippen LogP contribution in [0.3, 0.4) is 0 Å². The monoisotopic (exact) mass is 450 g/mol. The summed E-state index contributed by atoms with van der Waals surface area (Å²) in [6, 6.07) is 10.5. The van der Waals surface area contributed by atoms with Gasteiger partial charge in [-0.25, -0.2) is 4.68 Å². The van der Waals surface area contributed by atoms with Gasteiger partial charge in [-0.05, 0) is 37.3 Å². The smallest absolute Gasteiger partial charge is 0.375 e. The van der Waals surface area contributed by atoms with Gasteiger partial charge < -0.3 is 10.2 Å². The Kier molecular flexibility index (Phi) is 6.08. The van der Waals surface area contributed by atoms with E-state index in [1.807, 2.05) is 0 Å². The Hall–Kier alpha value is -3.33. The quantitative estimate of drug-likeness (QED) is 0.634. The molecule has 0 atom stereocenters. The Morgan fingerprint density at radius 1 is 1.13 bits per heavy atom. The van der Waals surface area contributed by atoms with Crippen LogP contribution in [0.4, 0.5) is 24.5 Å². The summed E-state index contributed by atoms with van der Waals surface area (Å²) in [6.45, 7) is 1.51. The van der Waals surface area contributed by atoms with Crippen LogP contribution >= 0.6 is 11.6 Å². The first-order valence-corrected chi connectivity index (χ1v) is 9.42. The molecular weight excluding hydrogens is 433 g/mol. The Morgan fingerprint density at radius 2 is 1.81 bits per heavy atom. The Morgan fingerprint density at radius 3 is 2.45 bits per heavy atom. The average molecular weight is 451 g/mol. The van der Waals surface area contributed by atoms with Crippen LogP contribution in [0.2, 0.25) is 5.02 Å². The maximum atomic E-state index is 13.1. The van der Waals surface area contributed by atoms with Crippen LogP contribution < -0.4 is 15.6 Å². The topological polar surface area (TPSA) is 67.2 Å². The van der Waals surface area contributed by atoms with Gasteiger partial charge in [-0.3, -0.25) is 9.59 Å². The fourth-order valence-corrected chi connectivity index (χ4v) is 3.38. The fraction of sp³-hybridized carbons (Fsp3) is 0.190. The van der Waals surface area contributed by atoms with Crippen molar-refractivity contribution in [2.45, 2.75) is 13.1 Å². The van der Waals surface area contributed by atoms with Crippen molar-refractivity contribution in [2.24, 2.45) is 0 Å². The molecule has 31 heavy (non-hydrogen) atoms. The summed E-state index contributed by atoms with van der Waals surface area (Å²) in [4.78, 5) is 26.9. The van der Waals surface area contributed by atoms with Gasteiger partial charge in [0.15, 0.2) is 5.69 Å². The number of benzene rings is 2. The number of nitrogens with zero attached hydrogens (tertiary/aromatic N) is 3. The molecule has 1 N–H and O–H groups in total. The van der Waals surface area contributed by atoms with Crippen LogP contribution in [-0.2, 0) is 6.18 Å². The number of halogens is 4. The maximum absolute atomic E-state index is 13.1. The number of aromatic nitrogens is 2. The number of hydrogen-bond acceptors (Lipinski definition) is 4. The van der Waals surface area contributed by atoms with E-state index in [2.05, 4.69) is 10.4 Å². The van der Waals surface area contributed by atoms with Gasteiger partial charge in [0.05, 0.1) is 27.6 Å². The van der Waals surface area contributed by atoms with E-state index < -0.39 is 28.8 Å². The number of carbonyl (C=O) groups is 1. The summed E-state index contributed by atoms with van der Waals surface area (Å²) in [7, 11) is 3.48. The minimum Gasteiger partial charge on any atom is -0.375 e. The number of rotatable bonds is 4. The second-order valence-electron chi connectivity index (χ2n) is 6.94. The van der Waals surface area contributed by atoms with Crippen molar-refractivity contribution in [1.82, 2.24) is 9.78 Å². The molecule has 0 aliphatic carbocycles. The molecule has 162 valence electrons. The molecular formula is C21H18ClF3N4O2. The lowest BCUT2D eigenvalue weighted by Gasteiger charge is -2.19. The van der Waals surface area contributed by atoms with Crippen molar-refractivity contribution in [1.29, 1.82) is 0 Å². The summed E-state index contributed by atoms with van der Waals surface area (Å²) < 4.78 is 40.3. The Bertz CT molecular complexity index is 1210. The fourth-order valence-electron chi connectivity index (χ4n) is 3.03. The van der Waals surface area contributed by atoms with Crippen LogP contribution in [0, 0.1) is 6.92 Å². The first-order chi connectivity index (χ1) is 14.5. The second kappa shape index (κ2) is 8.43. The van der Waals surface area contributed by atoms with E-state index in [-0.39, 0.29) is 11.4 Å². The maximum Gasteiger partial charge on any atom is 0.416 e. The predicted molar refractivity (Wildman–Crippen MR) is 113 cm³/mol. The number of carbonyl (C=O) groups excluding carboxylic acids is 1. The van der Waals surface area contributed by atoms with E-state index in [4.69, 9.17) is 11.6 Å². The summed E-state index contributed by atoms with van der Waals surface area (Å²) >= 11 is 6.20. The second-order valence-corrected chi connectivity index (χ2v) is 7.35. The van der Waals surface area contributed by atoms with Gasteiger partial charge in [-0.1, -0.05) is 23.7 Å². The predicted octanol–water partition coefficient (Wildman–Crippen LogP) is 4.53. The molecule has 0 unspecified atom stereocenters. The molecule has 10 heteroatoms. The van der Waals surface area contributed by atoms with Crippen molar-refractivity contribution < 1.29 is 18.0 Å². The van der Waals surface area contributed by atoms with Crippen LogP contribution in [-0.4, -0.2) is 29.8 Å². The molecule has 3 rings (SSSR count). The van der Waals surface area contributed by atoms with Crippen molar-refractivity contribution in [3.05, 3.63) is 80.7 Å². The highest BCUT2D eigenvalue weighted by Gasteiger charge is 2.30. The molecule has 0 aliphatic rings. The number of hydrogen-bond donors (Lipinski definition) is 1. The summed E-state index contributed by atoms with van der Waals surface area (Å²) in [5.41, 5.74) is -0.766. The molecule has 0 radical (unpaired) electrons. The van der Waals surface area contributed by atoms with Crippen molar-refractivity contribution in [3.8, 4) is 5.69 Å². The first-order valence-electron chi connectivity index (χ1n) is 9.05. The summed E-state index contributed by atoms with van der Waals surface area (Å²) in [5, 5.41) is 7.03. The minimum atomic E-state index is -4.54. The number of amides is 1. The van der Waals surface area contributed by atoms with Gasteiger partial charge in [-0.15, -0.1) is 0 Å². The van der Waals surface area contributed by atoms with Crippen LogP contribution in [0.15, 0.2) is 53.3 Å². The van der Waals surface area contributed by atoms with Gasteiger partial charge in [0, 0.05) is 25.9 Å². The van der Waals surface area contributed by atoms with E-state index >= 15 is 0 Å². The van der Waals surface area contributed by atoms with E-state index in [9.17, 15) is 22.8 Å². The molecule has 0 bridgehead atoms. The van der Waals surface area contributed by atoms with Gasteiger partial charge in [0.1, 0.15) is 0 Å². The lowest BCUT2D eigenvalue weighted by atomic mass is 10.2. The SMILES string of the molecule is Cc1cc(=O)c(C(=O)Nc2cccc(Cl)c2N(C)C)nn1-c1cccc(C(F)(F)F)c1. The molecule has 0 saturated carbocycles. The third-order valence-corrected chi connectivity index (χ3v) is 4.73. The van der Waals surface area contributed by atoms with E-state index in [1.165, 1.54) is 19.1 Å². The van der Waals surface area contributed by atoms with Crippen molar-refractivity contribution in [2.75, 3.05) is 24.3 Å². The summed E-state index contributed by atoms with van der Waals surface area (Å²) in [5.74, 6) is -0.809. The Balaban J connectivity index is 2.04. The zero-order chi connectivity index (χ0) is 22.9. The number of aryl methyl sites for hydroxylation is 1. The van der Waals surface area contributed by atoms with Gasteiger partial charge in [0.25, 0.3) is 5.91 Å². The Labute approximate surface area is 180 Å². The van der Waals surface area contributed by atoms with Gasteiger partial charge in [-0.2, -0.15) is 18.3 Å². The molecule has 1 amide bonds. The molecule has 0 aliphatic heterocycles. The molecule has 2 aromatic carbocycles. The molecule has 3 aromatic rings. The van der Waals surface area contributed by atoms with E-state index in [1.54, 1.807) is 37.2 Å². The van der Waals surface area contributed by atoms with Crippen molar-refractivity contribution in [3.63, 3.8) is 0 Å². The standard InChI is InChI=1S/C21H18ClF3N4O2/c1-12-10-17(30)18(20(31)26-16-9-5-8-15(22)19(16)28(2)3)27-29(12)14-7-4-6-13(11-14)21(23,24)25/h4-11H,1-3H3,(H,26,31). The minimum absolute atomic E-state index is 0.0677. The number of nitrogens with one attached hydrogen (secondary N) is 1. The lowest BCUT2D eigenvalue weighted by Crippen LogP contribution is -2.27.